The van der Waals surface area contributed by atoms with Gasteiger partial charge in [0.15, 0.2) is 11.1 Å². The Morgan fingerprint density at radius 1 is 1.47 bits per heavy atom. The molecule has 1 aromatic carbocycles. The predicted octanol–water partition coefficient (Wildman–Crippen LogP) is 2.39. The van der Waals surface area contributed by atoms with E-state index in [0.29, 0.717) is 5.02 Å². The third-order valence-electron chi connectivity index (χ3n) is 3.57. The van der Waals surface area contributed by atoms with Crippen LogP contribution in [0.4, 0.5) is 0 Å². The Morgan fingerprint density at radius 3 is 2.74 bits per heavy atom. The van der Waals surface area contributed by atoms with Gasteiger partial charge in [0, 0.05) is 5.02 Å². The van der Waals surface area contributed by atoms with E-state index in [1.165, 1.54) is 7.11 Å². The van der Waals surface area contributed by atoms with Crippen molar-refractivity contribution in [2.45, 2.75) is 25.0 Å². The lowest BCUT2D eigenvalue weighted by atomic mass is 9.78. The van der Waals surface area contributed by atoms with Crippen LogP contribution in [-0.4, -0.2) is 23.8 Å². The van der Waals surface area contributed by atoms with Gasteiger partial charge in [0.1, 0.15) is 0 Å². The lowest BCUT2D eigenvalue weighted by molar-refractivity contribution is -0.153. The molecule has 0 aliphatic carbocycles. The van der Waals surface area contributed by atoms with Crippen LogP contribution in [-0.2, 0) is 19.9 Å². The molecule has 0 bridgehead atoms. The van der Waals surface area contributed by atoms with Crippen molar-refractivity contribution in [3.05, 3.63) is 34.9 Å². The van der Waals surface area contributed by atoms with Gasteiger partial charge < -0.3 is 14.8 Å². The Hall–Kier alpha value is -1.33. The fraction of sp³-hybridized carbons (Fsp3) is 0.385. The Bertz CT molecular complexity index is 550. The molecule has 0 radical (unpaired) electrons. The van der Waals surface area contributed by atoms with E-state index in [2.05, 4.69) is 5.32 Å². The fourth-order valence-corrected chi connectivity index (χ4v) is 2.78. The number of hydrogen-bond donors (Lipinski definition) is 1. The van der Waals surface area contributed by atoms with Crippen molar-refractivity contribution in [1.82, 2.24) is 5.32 Å². The maximum atomic E-state index is 12.1. The molecular formula is C13H14ClNO3S. The zero-order chi connectivity index (χ0) is 14.3. The zero-order valence-electron chi connectivity index (χ0n) is 10.8. The van der Waals surface area contributed by atoms with Crippen LogP contribution in [0.25, 0.3) is 0 Å². The van der Waals surface area contributed by atoms with Gasteiger partial charge in [-0.2, -0.15) is 0 Å². The molecule has 0 amide bonds. The van der Waals surface area contributed by atoms with E-state index in [1.807, 2.05) is 6.07 Å². The van der Waals surface area contributed by atoms with Gasteiger partial charge in [0.05, 0.1) is 7.11 Å². The smallest absolute Gasteiger partial charge is 0.335 e. The third kappa shape index (κ3) is 2.07. The molecule has 2 rings (SSSR count). The molecule has 2 atom stereocenters. The van der Waals surface area contributed by atoms with Crippen LogP contribution in [0.5, 0.6) is 0 Å². The monoisotopic (exact) mass is 299 g/mol. The van der Waals surface area contributed by atoms with Crippen LogP contribution >= 0.6 is 23.8 Å². The van der Waals surface area contributed by atoms with Crippen LogP contribution in [0.15, 0.2) is 24.3 Å². The molecule has 1 N–H and O–H groups in total. The first-order valence-electron chi connectivity index (χ1n) is 5.69. The summed E-state index contributed by atoms with van der Waals surface area (Å²) in [7, 11) is 1.33. The molecule has 1 aromatic rings. The number of carbonyl (C=O) groups is 1. The summed E-state index contributed by atoms with van der Waals surface area (Å²) in [5.74, 6) is -0.449. The minimum absolute atomic E-state index is 0.162. The van der Waals surface area contributed by atoms with Gasteiger partial charge in [-0.1, -0.05) is 23.7 Å². The summed E-state index contributed by atoms with van der Waals surface area (Å²) in [6.45, 7) is 3.47. The van der Waals surface area contributed by atoms with Crippen molar-refractivity contribution in [2.24, 2.45) is 0 Å². The molecule has 4 nitrogen and oxygen atoms in total. The molecule has 102 valence electrons. The average molecular weight is 300 g/mol. The van der Waals surface area contributed by atoms with Crippen LogP contribution < -0.4 is 5.32 Å². The van der Waals surface area contributed by atoms with E-state index in [4.69, 9.17) is 33.3 Å². The van der Waals surface area contributed by atoms with Gasteiger partial charge in [-0.3, -0.25) is 0 Å². The highest BCUT2D eigenvalue weighted by Crippen LogP contribution is 2.42. The van der Waals surface area contributed by atoms with Crippen molar-refractivity contribution < 1.29 is 14.3 Å². The van der Waals surface area contributed by atoms with E-state index in [1.54, 1.807) is 32.0 Å². The number of carbonyl (C=O) groups excluding carboxylic acids is 1. The SMILES string of the molecule is COC(=O)[C@]1(C)NC(=S)O[C@]1(C)c1cccc(Cl)c1. The molecule has 1 fully saturated rings. The van der Waals surface area contributed by atoms with Crippen molar-refractivity contribution in [3.63, 3.8) is 0 Å². The van der Waals surface area contributed by atoms with E-state index in [9.17, 15) is 4.79 Å². The summed E-state index contributed by atoms with van der Waals surface area (Å²) in [4.78, 5) is 12.1. The predicted molar refractivity (Wildman–Crippen MR) is 76.0 cm³/mol. The molecule has 0 saturated carbocycles. The second kappa shape index (κ2) is 4.65. The molecule has 1 heterocycles. The van der Waals surface area contributed by atoms with Gasteiger partial charge in [0.25, 0.3) is 5.17 Å². The van der Waals surface area contributed by atoms with Crippen LogP contribution in [0.3, 0.4) is 0 Å². The lowest BCUT2D eigenvalue weighted by Gasteiger charge is -2.35. The number of halogens is 1. The number of thiocarbonyl (C=S) groups is 1. The van der Waals surface area contributed by atoms with E-state index >= 15 is 0 Å². The van der Waals surface area contributed by atoms with Gasteiger partial charge in [-0.15, -0.1) is 0 Å². The van der Waals surface area contributed by atoms with Crippen molar-refractivity contribution >= 4 is 35.0 Å². The Balaban J connectivity index is 2.56. The first kappa shape index (κ1) is 14.1. The molecule has 19 heavy (non-hydrogen) atoms. The average Bonchev–Trinajstić information content (AvgIpc) is 2.60. The Kier molecular flexibility index (Phi) is 3.45. The first-order valence-corrected chi connectivity index (χ1v) is 6.48. The van der Waals surface area contributed by atoms with Gasteiger partial charge in [-0.05, 0) is 43.8 Å². The fourth-order valence-electron chi connectivity index (χ4n) is 2.22. The Morgan fingerprint density at radius 2 is 2.16 bits per heavy atom. The quantitative estimate of drug-likeness (QED) is 0.671. The molecule has 6 heteroatoms. The minimum atomic E-state index is -1.11. The number of nitrogens with one attached hydrogen (secondary N) is 1. The molecular weight excluding hydrogens is 286 g/mol. The van der Waals surface area contributed by atoms with Crippen LogP contribution in [0.1, 0.15) is 19.4 Å². The van der Waals surface area contributed by atoms with Gasteiger partial charge in [0.2, 0.25) is 0 Å². The molecule has 0 aromatic heterocycles. The van der Waals surface area contributed by atoms with Crippen LogP contribution in [0, 0.1) is 0 Å². The van der Waals surface area contributed by atoms with E-state index < -0.39 is 17.1 Å². The van der Waals surface area contributed by atoms with Gasteiger partial charge in [-0.25, -0.2) is 4.79 Å². The second-order valence-corrected chi connectivity index (χ2v) is 5.48. The number of hydrogen-bond acceptors (Lipinski definition) is 4. The van der Waals surface area contributed by atoms with Gasteiger partial charge >= 0.3 is 5.97 Å². The summed E-state index contributed by atoms with van der Waals surface area (Å²) >= 11 is 11.0. The summed E-state index contributed by atoms with van der Waals surface area (Å²) < 4.78 is 10.5. The lowest BCUT2D eigenvalue weighted by Crippen LogP contribution is -2.57. The molecule has 1 aliphatic rings. The normalized spacial score (nSPS) is 29.6. The summed E-state index contributed by atoms with van der Waals surface area (Å²) in [6.07, 6.45) is 0. The summed E-state index contributed by atoms with van der Waals surface area (Å²) in [5, 5.41) is 3.61. The first-order chi connectivity index (χ1) is 8.83. The van der Waals surface area contributed by atoms with E-state index in [0.717, 1.165) is 5.56 Å². The topological polar surface area (TPSA) is 47.6 Å². The number of benzene rings is 1. The van der Waals surface area contributed by atoms with Crippen molar-refractivity contribution in [2.75, 3.05) is 7.11 Å². The number of esters is 1. The van der Waals surface area contributed by atoms with Crippen LogP contribution in [0.2, 0.25) is 5.02 Å². The molecule has 0 unspecified atom stereocenters. The summed E-state index contributed by atoms with van der Waals surface area (Å²) in [6, 6.07) is 7.14. The summed E-state index contributed by atoms with van der Waals surface area (Å²) in [5.41, 5.74) is -1.34. The highest BCUT2D eigenvalue weighted by Gasteiger charge is 2.60. The molecule has 0 spiro atoms. The number of methoxy groups -OCH3 is 1. The molecule has 1 saturated heterocycles. The molecule has 1 aliphatic heterocycles. The maximum Gasteiger partial charge on any atom is 0.335 e. The van der Waals surface area contributed by atoms with Crippen molar-refractivity contribution in [3.8, 4) is 0 Å². The number of rotatable bonds is 2. The Labute approximate surface area is 122 Å². The largest absolute Gasteiger partial charge is 0.467 e. The second-order valence-electron chi connectivity index (χ2n) is 4.67. The standard InChI is InChI=1S/C13H14ClNO3S/c1-12(10(16)17-3)13(2,18-11(19)15-12)8-5-4-6-9(14)7-8/h4-7H,1-3H3,(H,15,19)/t12-,13+/m0/s1. The number of ether oxygens (including phenoxy) is 2. The van der Waals surface area contributed by atoms with Crippen molar-refractivity contribution in [1.29, 1.82) is 0 Å². The zero-order valence-corrected chi connectivity index (χ0v) is 12.4. The highest BCUT2D eigenvalue weighted by atomic mass is 35.5. The highest BCUT2D eigenvalue weighted by molar-refractivity contribution is 7.80. The minimum Gasteiger partial charge on any atom is -0.467 e. The third-order valence-corrected chi connectivity index (χ3v) is 3.99. The maximum absolute atomic E-state index is 12.1. The van der Waals surface area contributed by atoms with E-state index in [-0.39, 0.29) is 5.17 Å².